The van der Waals surface area contributed by atoms with Crippen LogP contribution in [0.25, 0.3) is 0 Å². The molecule has 2 unspecified atom stereocenters. The molecule has 5 atom stereocenters. The van der Waals surface area contributed by atoms with Gasteiger partial charge in [0, 0.05) is 25.7 Å². The Morgan fingerprint density at radius 1 is 0.307 bits per heavy atom. The number of unbranched alkanes of at least 4 members (excludes halogenated alkanes) is 38. The SMILES string of the molecule is CCCCCCCCCCCCCCCCC(=O)OC[C@H](COP(=O)(O)OC[C@@H](O)COP(=O)(O)OC[C@@H](COC(=O)CCCCCCCCCCCC)OC(=O)CCCCCCCCCC(C)C)OC(=O)CCCCCCCCCCCCCC(C)C. The number of hydrogen-bond donors (Lipinski definition) is 3. The van der Waals surface area contributed by atoms with E-state index in [1.54, 1.807) is 0 Å². The van der Waals surface area contributed by atoms with Crippen molar-refractivity contribution in [3.8, 4) is 0 Å². The van der Waals surface area contributed by atoms with Crippen molar-refractivity contribution in [2.24, 2.45) is 11.8 Å². The second-order valence-corrected chi connectivity index (χ2v) is 28.8. The number of aliphatic hydroxyl groups is 1. The Balaban J connectivity index is 5.24. The fourth-order valence-corrected chi connectivity index (χ4v) is 12.0. The van der Waals surface area contributed by atoms with Crippen LogP contribution in [0.5, 0.6) is 0 Å². The predicted molar refractivity (Wildman–Crippen MR) is 354 cm³/mol. The van der Waals surface area contributed by atoms with Crippen LogP contribution in [0.2, 0.25) is 0 Å². The normalized spacial score (nSPS) is 14.2. The summed E-state index contributed by atoms with van der Waals surface area (Å²) in [6.07, 6.45) is 45.8. The number of phosphoric acid groups is 2. The maximum absolute atomic E-state index is 13.0. The number of carbonyl (C=O) groups is 4. The van der Waals surface area contributed by atoms with Gasteiger partial charge in [0.2, 0.25) is 0 Å². The molecule has 0 aromatic heterocycles. The van der Waals surface area contributed by atoms with Gasteiger partial charge in [-0.05, 0) is 37.5 Å². The van der Waals surface area contributed by atoms with Crippen molar-refractivity contribution >= 4 is 39.5 Å². The van der Waals surface area contributed by atoms with E-state index in [4.69, 9.17) is 37.0 Å². The van der Waals surface area contributed by atoms with Crippen LogP contribution in [0.1, 0.15) is 350 Å². The van der Waals surface area contributed by atoms with Crippen LogP contribution in [-0.4, -0.2) is 96.7 Å². The third kappa shape index (κ3) is 62.8. The molecule has 3 N–H and O–H groups in total. The van der Waals surface area contributed by atoms with E-state index in [1.165, 1.54) is 167 Å². The minimum absolute atomic E-state index is 0.104. The zero-order valence-corrected chi connectivity index (χ0v) is 58.8. The average Bonchev–Trinajstić information content (AvgIpc) is 3.48. The van der Waals surface area contributed by atoms with Gasteiger partial charge >= 0.3 is 39.5 Å². The maximum Gasteiger partial charge on any atom is 0.472 e. The van der Waals surface area contributed by atoms with Crippen LogP contribution in [0.15, 0.2) is 0 Å². The lowest BCUT2D eigenvalue weighted by atomic mass is 10.0. The summed E-state index contributed by atoms with van der Waals surface area (Å²) in [5, 5.41) is 10.6. The smallest absolute Gasteiger partial charge is 0.462 e. The zero-order valence-electron chi connectivity index (χ0n) is 57.0. The first-order valence-corrected chi connectivity index (χ1v) is 39.0. The van der Waals surface area contributed by atoms with Gasteiger partial charge in [0.1, 0.15) is 19.3 Å². The van der Waals surface area contributed by atoms with E-state index in [2.05, 4.69) is 41.5 Å². The van der Waals surface area contributed by atoms with Gasteiger partial charge in [-0.1, -0.05) is 298 Å². The summed E-state index contributed by atoms with van der Waals surface area (Å²) in [4.78, 5) is 72.5. The van der Waals surface area contributed by atoms with Crippen molar-refractivity contribution in [2.75, 3.05) is 39.6 Å². The van der Waals surface area contributed by atoms with Crippen LogP contribution in [0, 0.1) is 11.8 Å². The number of esters is 4. The van der Waals surface area contributed by atoms with Gasteiger partial charge in [0.25, 0.3) is 0 Å². The van der Waals surface area contributed by atoms with E-state index >= 15 is 0 Å². The molecule has 0 aliphatic rings. The number of aliphatic hydroxyl groups excluding tert-OH is 1. The summed E-state index contributed by atoms with van der Waals surface area (Å²) >= 11 is 0. The molecule has 0 rings (SSSR count). The Kier molecular flexibility index (Phi) is 59.9. The van der Waals surface area contributed by atoms with E-state index in [9.17, 15) is 43.2 Å². The lowest BCUT2D eigenvalue weighted by Crippen LogP contribution is -2.30. The molecule has 0 saturated heterocycles. The molecule has 0 aliphatic heterocycles. The fourth-order valence-electron chi connectivity index (χ4n) is 10.4. The summed E-state index contributed by atoms with van der Waals surface area (Å²) in [6, 6.07) is 0. The molecule has 522 valence electrons. The van der Waals surface area contributed by atoms with Gasteiger partial charge in [-0.2, -0.15) is 0 Å². The highest BCUT2D eigenvalue weighted by atomic mass is 31.2. The van der Waals surface area contributed by atoms with Crippen molar-refractivity contribution in [3.63, 3.8) is 0 Å². The van der Waals surface area contributed by atoms with Crippen LogP contribution < -0.4 is 0 Å². The zero-order chi connectivity index (χ0) is 65.0. The Bertz CT molecular complexity index is 1720. The quantitative estimate of drug-likeness (QED) is 0.0222. The number of rotatable bonds is 68. The maximum atomic E-state index is 13.0. The van der Waals surface area contributed by atoms with Gasteiger partial charge in [-0.25, -0.2) is 9.13 Å². The standard InChI is InChI=1S/C69H134O17P2/c1-7-9-11-13-15-17-19-20-21-24-28-34-40-46-52-67(72)80-57-64(85-68(73)53-47-41-35-29-25-22-23-26-31-37-43-49-61(3)4)59-83-87(75,76)81-55-63(70)56-82-88(77,78)84-60-65(86-69(74)54-48-42-36-30-32-38-44-50-62(5)6)58-79-66(71)51-45-39-33-27-18-16-14-12-10-8-2/h61-65,70H,7-60H2,1-6H3,(H,75,76)(H,77,78)/t63-,64-,65-/m1/s1. The highest BCUT2D eigenvalue weighted by Crippen LogP contribution is 2.45. The first kappa shape index (κ1) is 86.1. The molecule has 0 saturated carbocycles. The Labute approximate surface area is 537 Å². The van der Waals surface area contributed by atoms with Crippen LogP contribution in [0.4, 0.5) is 0 Å². The molecule has 0 heterocycles. The lowest BCUT2D eigenvalue weighted by molar-refractivity contribution is -0.161. The molecule has 0 bridgehead atoms. The number of phosphoric ester groups is 2. The van der Waals surface area contributed by atoms with Crippen LogP contribution in [-0.2, 0) is 65.4 Å². The third-order valence-electron chi connectivity index (χ3n) is 16.0. The summed E-state index contributed by atoms with van der Waals surface area (Å²) in [6.45, 7) is 9.47. The molecular formula is C69H134O17P2. The van der Waals surface area contributed by atoms with Gasteiger partial charge in [-0.3, -0.25) is 37.3 Å². The monoisotopic (exact) mass is 1300 g/mol. The Morgan fingerprint density at radius 3 is 0.773 bits per heavy atom. The van der Waals surface area contributed by atoms with Crippen LogP contribution >= 0.6 is 15.6 Å². The number of carbonyl (C=O) groups excluding carboxylic acids is 4. The number of ether oxygens (including phenoxy) is 4. The minimum Gasteiger partial charge on any atom is -0.462 e. The second kappa shape index (κ2) is 61.3. The largest absolute Gasteiger partial charge is 0.472 e. The van der Waals surface area contributed by atoms with Crippen LogP contribution in [0.3, 0.4) is 0 Å². The number of hydrogen-bond acceptors (Lipinski definition) is 15. The molecule has 0 aliphatic carbocycles. The predicted octanol–water partition coefficient (Wildman–Crippen LogP) is 19.6. The molecule has 17 nitrogen and oxygen atoms in total. The van der Waals surface area contributed by atoms with E-state index in [1.807, 2.05) is 0 Å². The van der Waals surface area contributed by atoms with Crippen molar-refractivity contribution in [1.82, 2.24) is 0 Å². The van der Waals surface area contributed by atoms with Gasteiger partial charge < -0.3 is 33.8 Å². The van der Waals surface area contributed by atoms with Crippen molar-refractivity contribution in [2.45, 2.75) is 368 Å². The minimum atomic E-state index is -4.95. The first-order chi connectivity index (χ1) is 42.4. The topological polar surface area (TPSA) is 237 Å². The molecule has 88 heavy (non-hydrogen) atoms. The summed E-state index contributed by atoms with van der Waals surface area (Å²) in [7, 11) is -9.90. The molecule has 0 aromatic rings. The second-order valence-electron chi connectivity index (χ2n) is 25.9. The fraction of sp³-hybridized carbons (Fsp3) is 0.942. The van der Waals surface area contributed by atoms with Crippen molar-refractivity contribution < 1.29 is 80.2 Å². The molecule has 0 fully saturated rings. The van der Waals surface area contributed by atoms with Crippen molar-refractivity contribution in [1.29, 1.82) is 0 Å². The van der Waals surface area contributed by atoms with Gasteiger partial charge in [0.15, 0.2) is 12.2 Å². The Morgan fingerprint density at radius 2 is 0.523 bits per heavy atom. The summed E-state index contributed by atoms with van der Waals surface area (Å²) < 4.78 is 68.2. The van der Waals surface area contributed by atoms with E-state index in [0.717, 1.165) is 95.8 Å². The molecule has 0 amide bonds. The molecule has 19 heteroatoms. The average molecular weight is 1300 g/mol. The summed E-state index contributed by atoms with van der Waals surface area (Å²) in [5.74, 6) is -0.666. The lowest BCUT2D eigenvalue weighted by Gasteiger charge is -2.21. The highest BCUT2D eigenvalue weighted by molar-refractivity contribution is 7.47. The first-order valence-electron chi connectivity index (χ1n) is 36.0. The Hall–Kier alpha value is -1.94. The van der Waals surface area contributed by atoms with Gasteiger partial charge in [-0.15, -0.1) is 0 Å². The van der Waals surface area contributed by atoms with Crippen molar-refractivity contribution in [3.05, 3.63) is 0 Å². The van der Waals surface area contributed by atoms with Gasteiger partial charge in [0.05, 0.1) is 26.4 Å². The molecule has 0 spiro atoms. The van der Waals surface area contributed by atoms with E-state index in [-0.39, 0.29) is 25.7 Å². The van der Waals surface area contributed by atoms with E-state index < -0.39 is 97.5 Å². The molecule has 0 radical (unpaired) electrons. The molecule has 0 aromatic carbocycles. The van der Waals surface area contributed by atoms with E-state index in [0.29, 0.717) is 31.6 Å². The highest BCUT2D eigenvalue weighted by Gasteiger charge is 2.30. The summed E-state index contributed by atoms with van der Waals surface area (Å²) in [5.41, 5.74) is 0. The molecular weight excluding hydrogens is 1160 g/mol. The third-order valence-corrected chi connectivity index (χ3v) is 17.9.